The predicted molar refractivity (Wildman–Crippen MR) is 99.2 cm³/mol. The van der Waals surface area contributed by atoms with Crippen LogP contribution in [-0.2, 0) is 14.4 Å². The van der Waals surface area contributed by atoms with Crippen LogP contribution in [0.1, 0.15) is 39.7 Å². The second-order valence-corrected chi connectivity index (χ2v) is 7.04. The lowest BCUT2D eigenvalue weighted by Gasteiger charge is -2.23. The van der Waals surface area contributed by atoms with Crippen LogP contribution in [0.2, 0.25) is 0 Å². The molecular formula is C19H28N2O5. The molecule has 2 amide bonds. The fourth-order valence-electron chi connectivity index (χ4n) is 2.36. The third-order valence-electron chi connectivity index (χ3n) is 3.68. The molecule has 7 heteroatoms. The summed E-state index contributed by atoms with van der Waals surface area (Å²) in [5.74, 6) is -0.941. The zero-order chi connectivity index (χ0) is 19.9. The normalized spacial score (nSPS) is 12.0. The number of carbonyl (C=O) groups excluding carboxylic acids is 2. The Kier molecular flexibility index (Phi) is 8.09. The molecule has 0 spiro atoms. The first-order chi connectivity index (χ1) is 12.1. The number of benzene rings is 1. The number of carbonyl (C=O) groups is 3. The molecule has 1 rings (SSSR count). The van der Waals surface area contributed by atoms with Crippen LogP contribution in [-0.4, -0.2) is 35.5 Å². The third-order valence-corrected chi connectivity index (χ3v) is 3.68. The van der Waals surface area contributed by atoms with Crippen molar-refractivity contribution in [1.82, 2.24) is 5.32 Å². The van der Waals surface area contributed by atoms with E-state index in [-0.39, 0.29) is 23.7 Å². The van der Waals surface area contributed by atoms with E-state index in [1.165, 1.54) is 0 Å². The van der Waals surface area contributed by atoms with Crippen LogP contribution in [0, 0.1) is 18.8 Å². The van der Waals surface area contributed by atoms with E-state index < -0.39 is 18.6 Å². The zero-order valence-corrected chi connectivity index (χ0v) is 16.0. The van der Waals surface area contributed by atoms with Crippen LogP contribution >= 0.6 is 0 Å². The largest absolute Gasteiger partial charge is 0.482 e. The molecule has 0 heterocycles. The van der Waals surface area contributed by atoms with E-state index in [2.05, 4.69) is 10.6 Å². The van der Waals surface area contributed by atoms with Gasteiger partial charge in [0.25, 0.3) is 0 Å². The zero-order valence-electron chi connectivity index (χ0n) is 16.0. The highest BCUT2D eigenvalue weighted by Gasteiger charge is 2.24. The second kappa shape index (κ2) is 9.79. The maximum absolute atomic E-state index is 12.6. The highest BCUT2D eigenvalue weighted by molar-refractivity contribution is 5.98. The third kappa shape index (κ3) is 7.13. The van der Waals surface area contributed by atoms with E-state index in [0.29, 0.717) is 17.9 Å². The van der Waals surface area contributed by atoms with Crippen molar-refractivity contribution in [1.29, 1.82) is 0 Å². The second-order valence-electron chi connectivity index (χ2n) is 7.04. The number of hydrogen-bond donors (Lipinski definition) is 3. The lowest BCUT2D eigenvalue weighted by atomic mass is 10.0. The Morgan fingerprint density at radius 1 is 1.15 bits per heavy atom. The first-order valence-corrected chi connectivity index (χ1v) is 8.65. The number of aryl methyl sites for hydroxylation is 1. The van der Waals surface area contributed by atoms with Crippen molar-refractivity contribution in [3.8, 4) is 5.75 Å². The number of amides is 2. The van der Waals surface area contributed by atoms with Gasteiger partial charge in [0.15, 0.2) is 6.61 Å². The van der Waals surface area contributed by atoms with Gasteiger partial charge in [-0.1, -0.05) is 27.7 Å². The number of hydrogen-bond acceptors (Lipinski definition) is 4. The predicted octanol–water partition coefficient (Wildman–Crippen LogP) is 2.58. The molecule has 26 heavy (non-hydrogen) atoms. The molecule has 0 saturated heterocycles. The van der Waals surface area contributed by atoms with Crippen LogP contribution in [0.4, 0.5) is 5.69 Å². The Labute approximate surface area is 154 Å². The Balaban J connectivity index is 2.79. The molecular weight excluding hydrogens is 336 g/mol. The van der Waals surface area contributed by atoms with E-state index >= 15 is 0 Å². The summed E-state index contributed by atoms with van der Waals surface area (Å²) < 4.78 is 5.11. The minimum absolute atomic E-state index is 0.0652. The summed E-state index contributed by atoms with van der Waals surface area (Å²) in [7, 11) is 0. The summed E-state index contributed by atoms with van der Waals surface area (Å²) in [4.78, 5) is 35.1. The van der Waals surface area contributed by atoms with E-state index in [4.69, 9.17) is 9.84 Å². The first-order valence-electron chi connectivity index (χ1n) is 8.65. The van der Waals surface area contributed by atoms with E-state index in [1.54, 1.807) is 25.1 Å². The van der Waals surface area contributed by atoms with Crippen LogP contribution in [0.3, 0.4) is 0 Å². The van der Waals surface area contributed by atoms with Crippen molar-refractivity contribution < 1.29 is 24.2 Å². The molecule has 7 nitrogen and oxygen atoms in total. The molecule has 0 aliphatic heterocycles. The van der Waals surface area contributed by atoms with Crippen molar-refractivity contribution in [2.75, 3.05) is 11.9 Å². The molecule has 0 saturated carbocycles. The first kappa shape index (κ1) is 21.5. The molecule has 144 valence electrons. The number of nitrogens with one attached hydrogen (secondary N) is 2. The van der Waals surface area contributed by atoms with Crippen LogP contribution < -0.4 is 15.4 Å². The monoisotopic (exact) mass is 364 g/mol. The lowest BCUT2D eigenvalue weighted by Crippen LogP contribution is -2.47. The summed E-state index contributed by atoms with van der Waals surface area (Å²) in [6, 6.07) is 4.26. The summed E-state index contributed by atoms with van der Waals surface area (Å²) in [5.41, 5.74) is 1.32. The molecule has 1 aromatic carbocycles. The minimum Gasteiger partial charge on any atom is -0.482 e. The number of carboxylic acid groups (broad SMARTS) is 1. The molecule has 1 aromatic rings. The lowest BCUT2D eigenvalue weighted by molar-refractivity contribution is -0.139. The van der Waals surface area contributed by atoms with Gasteiger partial charge in [0.1, 0.15) is 11.8 Å². The standard InChI is InChI=1S/C19H28N2O5/c1-11(2)8-16(22)21-18(12(3)4)19(25)20-15-7-6-14(9-13(15)5)26-10-17(23)24/h6-7,9,11-12,18H,8,10H2,1-5H3,(H,20,25)(H,21,22)(H,23,24). The fraction of sp³-hybridized carbons (Fsp3) is 0.526. The molecule has 0 radical (unpaired) electrons. The van der Waals surface area contributed by atoms with Gasteiger partial charge in [-0.25, -0.2) is 4.79 Å². The topological polar surface area (TPSA) is 105 Å². The van der Waals surface area contributed by atoms with Crippen molar-refractivity contribution in [2.45, 2.75) is 47.1 Å². The average Bonchev–Trinajstić information content (AvgIpc) is 2.51. The summed E-state index contributed by atoms with van der Waals surface area (Å²) in [6.45, 7) is 8.99. The molecule has 3 N–H and O–H groups in total. The number of anilines is 1. The highest BCUT2D eigenvalue weighted by Crippen LogP contribution is 2.22. The molecule has 0 aliphatic rings. The SMILES string of the molecule is Cc1cc(OCC(=O)O)ccc1NC(=O)C(NC(=O)CC(C)C)C(C)C. The number of carboxylic acids is 1. The summed E-state index contributed by atoms with van der Waals surface area (Å²) in [5, 5.41) is 14.2. The Morgan fingerprint density at radius 3 is 2.31 bits per heavy atom. The smallest absolute Gasteiger partial charge is 0.341 e. The van der Waals surface area contributed by atoms with Gasteiger partial charge >= 0.3 is 5.97 Å². The molecule has 0 aromatic heterocycles. The van der Waals surface area contributed by atoms with Gasteiger partial charge in [-0.3, -0.25) is 9.59 Å². The fourth-order valence-corrected chi connectivity index (χ4v) is 2.36. The van der Waals surface area contributed by atoms with Crippen molar-refractivity contribution >= 4 is 23.5 Å². The molecule has 1 unspecified atom stereocenters. The van der Waals surface area contributed by atoms with Gasteiger partial charge < -0.3 is 20.5 Å². The average molecular weight is 364 g/mol. The van der Waals surface area contributed by atoms with E-state index in [9.17, 15) is 14.4 Å². The Bertz CT molecular complexity index is 655. The van der Waals surface area contributed by atoms with Gasteiger partial charge in [0, 0.05) is 12.1 Å². The Hall–Kier alpha value is -2.57. The maximum Gasteiger partial charge on any atom is 0.341 e. The van der Waals surface area contributed by atoms with Gasteiger partial charge in [0.05, 0.1) is 0 Å². The van der Waals surface area contributed by atoms with Crippen molar-refractivity contribution in [2.24, 2.45) is 11.8 Å². The van der Waals surface area contributed by atoms with Crippen molar-refractivity contribution in [3.63, 3.8) is 0 Å². The van der Waals surface area contributed by atoms with Crippen LogP contribution in [0.25, 0.3) is 0 Å². The number of ether oxygens (including phenoxy) is 1. The highest BCUT2D eigenvalue weighted by atomic mass is 16.5. The maximum atomic E-state index is 12.6. The molecule has 0 fully saturated rings. The van der Waals surface area contributed by atoms with E-state index in [1.807, 2.05) is 27.7 Å². The molecule has 1 atom stereocenters. The van der Waals surface area contributed by atoms with Crippen LogP contribution in [0.15, 0.2) is 18.2 Å². The van der Waals surface area contributed by atoms with E-state index in [0.717, 1.165) is 5.56 Å². The quantitative estimate of drug-likeness (QED) is 0.625. The van der Waals surface area contributed by atoms with Gasteiger partial charge in [-0.2, -0.15) is 0 Å². The Morgan fingerprint density at radius 2 is 1.81 bits per heavy atom. The number of rotatable bonds is 9. The minimum atomic E-state index is -1.06. The summed E-state index contributed by atoms with van der Waals surface area (Å²) >= 11 is 0. The number of aliphatic carboxylic acids is 1. The van der Waals surface area contributed by atoms with Crippen LogP contribution in [0.5, 0.6) is 5.75 Å². The molecule has 0 bridgehead atoms. The summed E-state index contributed by atoms with van der Waals surface area (Å²) in [6.07, 6.45) is 0.366. The van der Waals surface area contributed by atoms with Crippen molar-refractivity contribution in [3.05, 3.63) is 23.8 Å². The van der Waals surface area contributed by atoms with Gasteiger partial charge in [-0.05, 0) is 42.5 Å². The molecule has 0 aliphatic carbocycles. The van der Waals surface area contributed by atoms with Gasteiger partial charge in [-0.15, -0.1) is 0 Å². The van der Waals surface area contributed by atoms with Gasteiger partial charge in [0.2, 0.25) is 11.8 Å².